The lowest BCUT2D eigenvalue weighted by atomic mass is 9.75. The molecule has 0 atom stereocenters. The van der Waals surface area contributed by atoms with Crippen molar-refractivity contribution in [3.8, 4) is 0 Å². The third-order valence-electron chi connectivity index (χ3n) is 4.01. The number of unbranched alkanes of at least 4 members (excludes halogenated alkanes) is 1. The fraction of sp³-hybridized carbons (Fsp3) is 0.667. The molecule has 0 saturated heterocycles. The summed E-state index contributed by atoms with van der Waals surface area (Å²) in [6, 6.07) is 0. The topological polar surface area (TPSA) is 17.1 Å². The molecule has 1 nitrogen and oxygen atoms in total. The summed E-state index contributed by atoms with van der Waals surface area (Å²) in [6.45, 7) is 0. The van der Waals surface area contributed by atoms with Gasteiger partial charge in [0.1, 0.15) is 6.29 Å². The predicted molar refractivity (Wildman–Crippen MR) is 67.3 cm³/mol. The second kappa shape index (κ2) is 5.47. The van der Waals surface area contributed by atoms with Crippen LogP contribution in [-0.4, -0.2) is 6.29 Å². The largest absolute Gasteiger partial charge is 0.303 e. The van der Waals surface area contributed by atoms with Crippen LogP contribution in [0.4, 0.5) is 0 Å². The van der Waals surface area contributed by atoms with E-state index in [-0.39, 0.29) is 0 Å². The first kappa shape index (κ1) is 11.6. The predicted octanol–water partition coefficient (Wildman–Crippen LogP) is 4.19. The summed E-state index contributed by atoms with van der Waals surface area (Å²) in [6.07, 6.45) is 19.1. The van der Waals surface area contributed by atoms with E-state index in [2.05, 4.69) is 18.2 Å². The molecule has 1 heteroatoms. The Morgan fingerprint density at radius 3 is 2.62 bits per heavy atom. The molecule has 0 amide bonds. The molecule has 0 N–H and O–H groups in total. The summed E-state index contributed by atoms with van der Waals surface area (Å²) in [5.74, 6) is 0. The summed E-state index contributed by atoms with van der Waals surface area (Å²) in [4.78, 5) is 10.2. The van der Waals surface area contributed by atoms with Crippen LogP contribution >= 0.6 is 0 Å². The molecule has 0 unspecified atom stereocenters. The smallest absolute Gasteiger partial charge is 0.120 e. The summed E-state index contributed by atoms with van der Waals surface area (Å²) < 4.78 is 0. The second-order valence-electron chi connectivity index (χ2n) is 5.29. The highest BCUT2D eigenvalue weighted by molar-refractivity contribution is 5.49. The van der Waals surface area contributed by atoms with E-state index in [0.29, 0.717) is 11.8 Å². The van der Waals surface area contributed by atoms with E-state index in [1.807, 2.05) is 0 Å². The maximum absolute atomic E-state index is 10.2. The lowest BCUT2D eigenvalue weighted by molar-refractivity contribution is -0.107. The Balaban J connectivity index is 1.95. The number of hydrogen-bond acceptors (Lipinski definition) is 1. The second-order valence-corrected chi connectivity index (χ2v) is 5.29. The molecule has 1 saturated carbocycles. The van der Waals surface area contributed by atoms with Crippen LogP contribution in [0.1, 0.15) is 57.8 Å². The van der Waals surface area contributed by atoms with Crippen LogP contribution in [0.3, 0.4) is 0 Å². The van der Waals surface area contributed by atoms with Crippen molar-refractivity contribution in [1.82, 2.24) is 0 Å². The van der Waals surface area contributed by atoms with Gasteiger partial charge in [-0.15, -0.1) is 0 Å². The first-order valence-corrected chi connectivity index (χ1v) is 6.67. The van der Waals surface area contributed by atoms with E-state index < -0.39 is 0 Å². The van der Waals surface area contributed by atoms with Crippen LogP contribution in [0.15, 0.2) is 23.8 Å². The van der Waals surface area contributed by atoms with Gasteiger partial charge in [-0.2, -0.15) is 0 Å². The number of carbonyl (C=O) groups is 1. The van der Waals surface area contributed by atoms with Crippen molar-refractivity contribution in [1.29, 1.82) is 0 Å². The average molecular weight is 218 g/mol. The Morgan fingerprint density at radius 1 is 1.12 bits per heavy atom. The zero-order valence-electron chi connectivity index (χ0n) is 10.1. The third-order valence-corrected chi connectivity index (χ3v) is 4.01. The summed E-state index contributed by atoms with van der Waals surface area (Å²) in [7, 11) is 0. The van der Waals surface area contributed by atoms with Crippen LogP contribution < -0.4 is 0 Å². The van der Waals surface area contributed by atoms with Crippen molar-refractivity contribution in [2.45, 2.75) is 57.8 Å². The molecule has 1 spiro atoms. The molecule has 0 radical (unpaired) electrons. The fourth-order valence-electron chi connectivity index (χ4n) is 3.19. The first-order chi connectivity index (χ1) is 7.85. The van der Waals surface area contributed by atoms with Crippen molar-refractivity contribution in [2.24, 2.45) is 5.41 Å². The minimum absolute atomic E-state index is 0.558. The van der Waals surface area contributed by atoms with Gasteiger partial charge < -0.3 is 4.79 Å². The van der Waals surface area contributed by atoms with E-state index in [1.165, 1.54) is 50.5 Å². The van der Waals surface area contributed by atoms with E-state index in [9.17, 15) is 4.79 Å². The lowest BCUT2D eigenvalue weighted by Gasteiger charge is -2.30. The molecule has 0 aromatic carbocycles. The molecular weight excluding hydrogens is 196 g/mol. The van der Waals surface area contributed by atoms with Crippen molar-refractivity contribution >= 4 is 6.29 Å². The molecule has 0 aromatic heterocycles. The molecule has 0 heterocycles. The molecule has 1 fully saturated rings. The van der Waals surface area contributed by atoms with E-state index in [4.69, 9.17) is 0 Å². The van der Waals surface area contributed by atoms with E-state index >= 15 is 0 Å². The Bertz CT molecular complexity index is 293. The summed E-state index contributed by atoms with van der Waals surface area (Å²) in [5, 5.41) is 0. The minimum atomic E-state index is 0.558. The van der Waals surface area contributed by atoms with Gasteiger partial charge in [0.05, 0.1) is 0 Å². The zero-order valence-corrected chi connectivity index (χ0v) is 10.1. The molecule has 2 aliphatic rings. The number of aldehydes is 1. The monoisotopic (exact) mass is 218 g/mol. The minimum Gasteiger partial charge on any atom is -0.303 e. The SMILES string of the molecule is O=CCCC=CC1=CC2(CCCC2)CCC1. The van der Waals surface area contributed by atoms with Gasteiger partial charge in [-0.25, -0.2) is 0 Å². The lowest BCUT2D eigenvalue weighted by Crippen LogP contribution is -2.17. The van der Waals surface area contributed by atoms with Crippen molar-refractivity contribution in [3.05, 3.63) is 23.8 Å². The third kappa shape index (κ3) is 2.84. The van der Waals surface area contributed by atoms with Crippen LogP contribution in [-0.2, 0) is 4.79 Å². The number of allylic oxidation sites excluding steroid dienone is 4. The van der Waals surface area contributed by atoms with Crippen LogP contribution in [0.25, 0.3) is 0 Å². The normalized spacial score (nSPS) is 23.9. The highest BCUT2D eigenvalue weighted by atomic mass is 16.1. The molecule has 16 heavy (non-hydrogen) atoms. The summed E-state index contributed by atoms with van der Waals surface area (Å²) >= 11 is 0. The van der Waals surface area contributed by atoms with Gasteiger partial charge in [0.15, 0.2) is 0 Å². The zero-order chi connectivity index (χ0) is 11.3. The van der Waals surface area contributed by atoms with Crippen molar-refractivity contribution in [2.75, 3.05) is 0 Å². The average Bonchev–Trinajstić information content (AvgIpc) is 2.73. The highest BCUT2D eigenvalue weighted by Crippen LogP contribution is 2.47. The van der Waals surface area contributed by atoms with Crippen LogP contribution in [0.5, 0.6) is 0 Å². The Labute approximate surface area is 98.6 Å². The standard InChI is InChI=1S/C15H22O/c16-12-5-1-2-7-14-8-6-11-15(13-14)9-3-4-10-15/h2,7,12-13H,1,3-6,8-11H2. The van der Waals surface area contributed by atoms with Gasteiger partial charge in [-0.05, 0) is 43.9 Å². The van der Waals surface area contributed by atoms with Gasteiger partial charge in [0, 0.05) is 6.42 Å². The van der Waals surface area contributed by atoms with Crippen molar-refractivity contribution in [3.63, 3.8) is 0 Å². The first-order valence-electron chi connectivity index (χ1n) is 6.67. The van der Waals surface area contributed by atoms with Gasteiger partial charge in [-0.1, -0.05) is 36.6 Å². The molecule has 0 bridgehead atoms. The summed E-state index contributed by atoms with van der Waals surface area (Å²) in [5.41, 5.74) is 2.07. The van der Waals surface area contributed by atoms with Gasteiger partial charge in [-0.3, -0.25) is 0 Å². The highest BCUT2D eigenvalue weighted by Gasteiger charge is 2.33. The molecule has 2 aliphatic carbocycles. The number of rotatable bonds is 4. The molecule has 0 aliphatic heterocycles. The molecular formula is C15H22O. The quantitative estimate of drug-likeness (QED) is 0.510. The van der Waals surface area contributed by atoms with Crippen LogP contribution in [0, 0.1) is 5.41 Å². The number of hydrogen-bond donors (Lipinski definition) is 0. The molecule has 0 aromatic rings. The van der Waals surface area contributed by atoms with E-state index in [1.54, 1.807) is 0 Å². The molecule has 88 valence electrons. The Kier molecular flexibility index (Phi) is 3.98. The maximum Gasteiger partial charge on any atom is 0.120 e. The van der Waals surface area contributed by atoms with Crippen molar-refractivity contribution < 1.29 is 4.79 Å². The Morgan fingerprint density at radius 2 is 1.88 bits per heavy atom. The van der Waals surface area contributed by atoms with Gasteiger partial charge in [0.2, 0.25) is 0 Å². The molecule has 2 rings (SSSR count). The Hall–Kier alpha value is -0.850. The van der Waals surface area contributed by atoms with Gasteiger partial charge >= 0.3 is 0 Å². The van der Waals surface area contributed by atoms with Crippen LogP contribution in [0.2, 0.25) is 0 Å². The fourth-order valence-corrected chi connectivity index (χ4v) is 3.19. The maximum atomic E-state index is 10.2. The van der Waals surface area contributed by atoms with E-state index in [0.717, 1.165) is 12.7 Å². The number of carbonyl (C=O) groups excluding carboxylic acids is 1. The van der Waals surface area contributed by atoms with Gasteiger partial charge in [0.25, 0.3) is 0 Å².